The number of oxazole rings is 1. The van der Waals surface area contributed by atoms with Gasteiger partial charge in [0.2, 0.25) is 17.7 Å². The number of likely N-dealkylation sites (N-methyl/N-ethyl adjacent to an activating group) is 2. The Morgan fingerprint density at radius 1 is 0.860 bits per heavy atom. The van der Waals surface area contributed by atoms with Crippen LogP contribution in [0.2, 0.25) is 5.02 Å². The highest BCUT2D eigenvalue weighted by Crippen LogP contribution is 2.37. The van der Waals surface area contributed by atoms with Crippen molar-refractivity contribution in [1.29, 1.82) is 10.5 Å². The molecule has 0 saturated heterocycles. The van der Waals surface area contributed by atoms with Gasteiger partial charge in [-0.3, -0.25) is 9.59 Å². The highest BCUT2D eigenvalue weighted by atomic mass is 35.5. The van der Waals surface area contributed by atoms with Crippen molar-refractivity contribution in [2.24, 2.45) is 0 Å². The number of ether oxygens (including phenoxy) is 3. The first kappa shape index (κ1) is 43.5. The number of benzene rings is 2. The lowest BCUT2D eigenvalue weighted by molar-refractivity contribution is -0.163. The lowest BCUT2D eigenvalue weighted by atomic mass is 9.97. The number of carbonyl (C=O) groups is 4. The second kappa shape index (κ2) is 21.2. The zero-order valence-corrected chi connectivity index (χ0v) is 33.0. The molecule has 3 atom stereocenters. The molecule has 0 aliphatic heterocycles. The number of carbonyl (C=O) groups excluding carboxylic acids is 4. The molecular formula is C38H40ClN9O8S. The van der Waals surface area contributed by atoms with Gasteiger partial charge in [0.15, 0.2) is 6.10 Å². The summed E-state index contributed by atoms with van der Waals surface area (Å²) in [6.45, 7) is 2.12. The summed E-state index contributed by atoms with van der Waals surface area (Å²) in [4.78, 5) is 58.3. The van der Waals surface area contributed by atoms with Gasteiger partial charge in [-0.2, -0.15) is 10.5 Å². The van der Waals surface area contributed by atoms with E-state index in [9.17, 15) is 29.7 Å². The van der Waals surface area contributed by atoms with E-state index in [0.717, 1.165) is 5.56 Å². The third kappa shape index (κ3) is 12.4. The molecule has 0 fully saturated rings. The number of hydrogen-bond acceptors (Lipinski definition) is 16. The van der Waals surface area contributed by atoms with Crippen molar-refractivity contribution in [2.45, 2.75) is 42.8 Å². The Hall–Kier alpha value is -6.18. The molecule has 2 aromatic carbocycles. The topological polar surface area (TPSA) is 257 Å². The average molecular weight is 818 g/mol. The molecule has 4 aromatic rings. The van der Waals surface area contributed by atoms with E-state index in [0.29, 0.717) is 27.9 Å². The van der Waals surface area contributed by atoms with E-state index in [2.05, 4.69) is 43.4 Å². The van der Waals surface area contributed by atoms with Gasteiger partial charge >= 0.3 is 11.9 Å². The Bertz CT molecular complexity index is 2140. The van der Waals surface area contributed by atoms with Gasteiger partial charge in [0.25, 0.3) is 0 Å². The second-order valence-electron chi connectivity index (χ2n) is 12.3. The van der Waals surface area contributed by atoms with Crippen molar-refractivity contribution >= 4 is 52.9 Å². The molecule has 2 amide bonds. The first-order valence-electron chi connectivity index (χ1n) is 17.3. The lowest BCUT2D eigenvalue weighted by Gasteiger charge is -2.22. The molecule has 2 heterocycles. The third-order valence-corrected chi connectivity index (χ3v) is 9.09. The van der Waals surface area contributed by atoms with Crippen molar-refractivity contribution < 1.29 is 37.8 Å². The zero-order valence-electron chi connectivity index (χ0n) is 31.4. The molecule has 2 aromatic heterocycles. The van der Waals surface area contributed by atoms with Crippen molar-refractivity contribution in [3.05, 3.63) is 76.6 Å². The van der Waals surface area contributed by atoms with Crippen LogP contribution in [0.1, 0.15) is 30.7 Å². The maximum atomic E-state index is 12.9. The fourth-order valence-electron chi connectivity index (χ4n) is 5.05. The maximum absolute atomic E-state index is 12.9. The Morgan fingerprint density at radius 3 is 2.05 bits per heavy atom. The van der Waals surface area contributed by atoms with Gasteiger partial charge in [-0.05, 0) is 69.9 Å². The van der Waals surface area contributed by atoms with Crippen molar-refractivity contribution in [3.8, 4) is 40.5 Å². The molecule has 19 heteroatoms. The van der Waals surface area contributed by atoms with Crippen LogP contribution in [0.15, 0.2) is 64.2 Å². The van der Waals surface area contributed by atoms with Crippen LogP contribution < -0.4 is 31.7 Å². The lowest BCUT2D eigenvalue weighted by Crippen LogP contribution is -2.46. The summed E-state index contributed by atoms with van der Waals surface area (Å²) in [5.74, 6) is -1.54. The first-order chi connectivity index (χ1) is 27.4. The molecule has 0 aliphatic rings. The summed E-state index contributed by atoms with van der Waals surface area (Å²) >= 11 is 7.19. The van der Waals surface area contributed by atoms with Gasteiger partial charge in [0.1, 0.15) is 65.9 Å². The number of rotatable bonds is 19. The molecule has 0 bridgehead atoms. The molecule has 0 aliphatic carbocycles. The Morgan fingerprint density at radius 2 is 1.46 bits per heavy atom. The maximum Gasteiger partial charge on any atom is 0.328 e. The molecule has 6 N–H and O–H groups in total. The normalized spacial score (nSPS) is 12.3. The SMILES string of the molecule is CNCC(=O)NC(C)C(=O)OCC(COc1ccc(-c2c(C#N)c(N)nc(SCc3coc(-c4ccc(Cl)cc4)n3)c2C#N)cc1)OC(=O)C(C)NC(=O)CNC. The number of pyridine rings is 1. The summed E-state index contributed by atoms with van der Waals surface area (Å²) in [5.41, 5.74) is 8.42. The minimum atomic E-state index is -1.13. The van der Waals surface area contributed by atoms with Crippen LogP contribution >= 0.6 is 23.4 Å². The van der Waals surface area contributed by atoms with Crippen LogP contribution in [0.4, 0.5) is 5.82 Å². The molecule has 4 rings (SSSR count). The number of aromatic nitrogens is 2. The molecule has 0 saturated carbocycles. The zero-order chi connectivity index (χ0) is 41.5. The fraction of sp³-hybridized carbons (Fsp3) is 0.316. The Balaban J connectivity index is 1.49. The van der Waals surface area contributed by atoms with Crippen LogP contribution in [0.25, 0.3) is 22.6 Å². The predicted molar refractivity (Wildman–Crippen MR) is 209 cm³/mol. The highest BCUT2D eigenvalue weighted by molar-refractivity contribution is 7.98. The Labute approximate surface area is 337 Å². The molecule has 17 nitrogen and oxygen atoms in total. The van der Waals surface area contributed by atoms with Crippen LogP contribution in [0, 0.1) is 22.7 Å². The summed E-state index contributed by atoms with van der Waals surface area (Å²) < 4.78 is 22.4. The minimum Gasteiger partial charge on any atom is -0.490 e. The second-order valence-corrected chi connectivity index (χ2v) is 13.7. The van der Waals surface area contributed by atoms with E-state index in [-0.39, 0.29) is 53.0 Å². The van der Waals surface area contributed by atoms with Gasteiger partial charge < -0.3 is 45.6 Å². The summed E-state index contributed by atoms with van der Waals surface area (Å²) in [5, 5.41) is 31.5. The van der Waals surface area contributed by atoms with Crippen molar-refractivity contribution in [1.82, 2.24) is 31.2 Å². The molecule has 0 spiro atoms. The average Bonchev–Trinajstić information content (AvgIpc) is 3.67. The summed E-state index contributed by atoms with van der Waals surface area (Å²) in [6.07, 6.45) is 0.369. The van der Waals surface area contributed by atoms with Crippen molar-refractivity contribution in [3.63, 3.8) is 0 Å². The van der Waals surface area contributed by atoms with E-state index >= 15 is 0 Å². The number of esters is 2. The van der Waals surface area contributed by atoms with E-state index < -0.39 is 48.5 Å². The third-order valence-electron chi connectivity index (χ3n) is 7.83. The number of anilines is 1. The largest absolute Gasteiger partial charge is 0.490 e. The number of nitrogens with zero attached hydrogens (tertiary/aromatic N) is 4. The number of thioether (sulfide) groups is 1. The van der Waals surface area contributed by atoms with E-state index in [1.54, 1.807) is 62.6 Å². The minimum absolute atomic E-state index is 0.0110. The van der Waals surface area contributed by atoms with Gasteiger partial charge in [-0.25, -0.2) is 19.6 Å². The molecule has 57 heavy (non-hydrogen) atoms. The van der Waals surface area contributed by atoms with Crippen LogP contribution in [-0.2, 0) is 34.4 Å². The summed E-state index contributed by atoms with van der Waals surface area (Å²) in [6, 6.07) is 15.6. The van der Waals surface area contributed by atoms with Crippen LogP contribution in [0.3, 0.4) is 0 Å². The number of nitrogens with one attached hydrogen (secondary N) is 4. The van der Waals surface area contributed by atoms with E-state index in [1.807, 2.05) is 0 Å². The first-order valence-corrected chi connectivity index (χ1v) is 18.7. The fourth-order valence-corrected chi connectivity index (χ4v) is 6.04. The number of nitrogens with two attached hydrogens (primary N) is 1. The number of nitrogen functional groups attached to an aromatic ring is 1. The van der Waals surface area contributed by atoms with Crippen molar-refractivity contribution in [2.75, 3.05) is 46.1 Å². The standard InChI is InChI=1S/C38H40ClN9O8S/c1-21(45-31(49)15-43-3)37(51)55-19-28(56-38(52)22(2)46-32(50)16-44-4)18-53-27-11-7-23(8-12-27)33-29(13-40)34(42)48-36(30(33)14-41)57-20-26-17-54-35(47-26)24-5-9-25(39)10-6-24/h5-12,17,21-22,28,43-44H,15-16,18-20H2,1-4H3,(H2,42,48)(H,45,49)(H,46,50). The monoisotopic (exact) mass is 817 g/mol. The smallest absolute Gasteiger partial charge is 0.328 e. The number of hydrogen-bond donors (Lipinski definition) is 5. The number of amides is 2. The molecular weight excluding hydrogens is 778 g/mol. The van der Waals surface area contributed by atoms with E-state index in [1.165, 1.54) is 31.9 Å². The van der Waals surface area contributed by atoms with Gasteiger partial charge in [0.05, 0.1) is 24.3 Å². The number of halogens is 1. The quantitative estimate of drug-likeness (QED) is 0.0673. The highest BCUT2D eigenvalue weighted by Gasteiger charge is 2.26. The van der Waals surface area contributed by atoms with Crippen LogP contribution in [0.5, 0.6) is 5.75 Å². The molecule has 298 valence electrons. The Kier molecular flexibility index (Phi) is 16.2. The number of nitriles is 2. The van der Waals surface area contributed by atoms with Gasteiger partial charge in [-0.15, -0.1) is 0 Å². The predicted octanol–water partition coefficient (Wildman–Crippen LogP) is 2.96. The van der Waals surface area contributed by atoms with Gasteiger partial charge in [0, 0.05) is 21.9 Å². The van der Waals surface area contributed by atoms with Crippen LogP contribution in [-0.4, -0.2) is 92.3 Å². The molecule has 3 unspecified atom stereocenters. The van der Waals surface area contributed by atoms with E-state index in [4.69, 9.17) is 36.0 Å². The molecule has 0 radical (unpaired) electrons. The van der Waals surface area contributed by atoms with Gasteiger partial charge in [-0.1, -0.05) is 35.5 Å². The summed E-state index contributed by atoms with van der Waals surface area (Å²) in [7, 11) is 3.16.